The van der Waals surface area contributed by atoms with Crippen LogP contribution in [0.3, 0.4) is 0 Å². The second-order valence-electron chi connectivity index (χ2n) is 7.48. The molecule has 0 heterocycles. The highest BCUT2D eigenvalue weighted by Gasteiger charge is 2.34. The molecule has 0 spiro atoms. The molecule has 5 rings (SSSR count). The molecule has 0 radical (unpaired) electrons. The van der Waals surface area contributed by atoms with E-state index in [-0.39, 0.29) is 5.56 Å². The van der Waals surface area contributed by atoms with Crippen LogP contribution in [-0.4, -0.2) is 5.97 Å². The van der Waals surface area contributed by atoms with E-state index in [1.54, 1.807) is 24.3 Å². The van der Waals surface area contributed by atoms with Gasteiger partial charge < -0.3 is 4.74 Å². The van der Waals surface area contributed by atoms with Gasteiger partial charge in [0.1, 0.15) is 34.9 Å². The highest BCUT2D eigenvalue weighted by atomic mass is 19.1. The van der Waals surface area contributed by atoms with Gasteiger partial charge in [0.15, 0.2) is 0 Å². The minimum absolute atomic E-state index is 0.288. The molecule has 4 aromatic rings. The first kappa shape index (κ1) is 19.7. The number of nitrogens with zero attached hydrogens (tertiary/aromatic N) is 1. The van der Waals surface area contributed by atoms with Gasteiger partial charge in [0.2, 0.25) is 0 Å². The van der Waals surface area contributed by atoms with Crippen LogP contribution in [0.1, 0.15) is 22.6 Å². The number of nitriles is 1. The molecule has 0 bridgehead atoms. The van der Waals surface area contributed by atoms with Gasteiger partial charge in [0.05, 0.1) is 0 Å². The summed E-state index contributed by atoms with van der Waals surface area (Å²) in [5.74, 6) is -2.43. The Morgan fingerprint density at radius 2 is 1.31 bits per heavy atom. The molecule has 0 amide bonds. The normalized spacial score (nSPS) is 12.0. The van der Waals surface area contributed by atoms with E-state index in [2.05, 4.69) is 0 Å². The van der Waals surface area contributed by atoms with Crippen molar-refractivity contribution in [3.05, 3.63) is 113 Å². The summed E-state index contributed by atoms with van der Waals surface area (Å²) in [6.07, 6.45) is 0. The Labute approximate surface area is 183 Å². The third-order valence-electron chi connectivity index (χ3n) is 5.63. The minimum atomic E-state index is -0.920. The van der Waals surface area contributed by atoms with Crippen LogP contribution >= 0.6 is 0 Å². The second kappa shape index (κ2) is 7.75. The fraction of sp³-hybridized carbons (Fsp3) is 0.0370. The number of carbonyl (C=O) groups excluding carboxylic acids is 1. The van der Waals surface area contributed by atoms with Crippen molar-refractivity contribution in [2.75, 3.05) is 0 Å². The number of ether oxygens (including phenoxy) is 1. The molecule has 154 valence electrons. The van der Waals surface area contributed by atoms with Crippen molar-refractivity contribution in [2.24, 2.45) is 0 Å². The predicted octanol–water partition coefficient (Wildman–Crippen LogP) is 6.22. The van der Waals surface area contributed by atoms with E-state index >= 15 is 0 Å². The van der Waals surface area contributed by atoms with Crippen molar-refractivity contribution in [2.45, 2.75) is 5.92 Å². The largest absolute Gasteiger partial charge is 0.426 e. The number of rotatable bonds is 3. The Morgan fingerprint density at radius 3 is 1.84 bits per heavy atom. The first-order chi connectivity index (χ1) is 15.6. The van der Waals surface area contributed by atoms with Gasteiger partial charge in [0, 0.05) is 0 Å². The average molecular weight is 423 g/mol. The van der Waals surface area contributed by atoms with Crippen LogP contribution in [-0.2, 0) is 4.79 Å². The molecule has 0 aromatic heterocycles. The van der Waals surface area contributed by atoms with Crippen molar-refractivity contribution < 1.29 is 18.3 Å². The Kier molecular flexibility index (Phi) is 4.76. The van der Waals surface area contributed by atoms with Crippen LogP contribution in [0.2, 0.25) is 0 Å². The highest BCUT2D eigenvalue weighted by molar-refractivity contribution is 5.94. The predicted molar refractivity (Wildman–Crippen MR) is 116 cm³/mol. The fourth-order valence-electron chi connectivity index (χ4n) is 4.15. The first-order valence-corrected chi connectivity index (χ1v) is 9.96. The number of esters is 1. The van der Waals surface area contributed by atoms with Crippen LogP contribution in [0.4, 0.5) is 8.78 Å². The van der Waals surface area contributed by atoms with Gasteiger partial charge in [-0.05, 0) is 57.6 Å². The number of carbonyl (C=O) groups is 1. The van der Waals surface area contributed by atoms with E-state index in [9.17, 15) is 13.6 Å². The van der Waals surface area contributed by atoms with Crippen molar-refractivity contribution in [1.82, 2.24) is 0 Å². The minimum Gasteiger partial charge on any atom is -0.426 e. The fourth-order valence-corrected chi connectivity index (χ4v) is 4.15. The number of hydrogen-bond donors (Lipinski definition) is 0. The second-order valence-corrected chi connectivity index (χ2v) is 7.48. The summed E-state index contributed by atoms with van der Waals surface area (Å²) in [5, 5.41) is 8.81. The molecular formula is C27H15F2NO2. The standard InChI is InChI=1S/C27H15F2NO2/c28-24-13-17(14-25(29)23(24)15-30)16-9-11-18(12-10-16)32-27(31)26-21-7-3-1-5-19(21)20-6-2-4-8-22(20)26/h1-14,26H. The van der Waals surface area contributed by atoms with Crippen LogP contribution < -0.4 is 4.74 Å². The maximum Gasteiger partial charge on any atom is 0.323 e. The molecule has 1 aliphatic rings. The smallest absolute Gasteiger partial charge is 0.323 e. The summed E-state index contributed by atoms with van der Waals surface area (Å²) >= 11 is 0. The summed E-state index contributed by atoms with van der Waals surface area (Å²) in [4.78, 5) is 13.1. The lowest BCUT2D eigenvalue weighted by atomic mass is 9.97. The zero-order chi connectivity index (χ0) is 22.2. The molecule has 0 N–H and O–H groups in total. The molecule has 0 aliphatic heterocycles. The van der Waals surface area contributed by atoms with E-state index in [0.717, 1.165) is 34.4 Å². The van der Waals surface area contributed by atoms with E-state index < -0.39 is 29.1 Å². The van der Waals surface area contributed by atoms with E-state index in [4.69, 9.17) is 10.00 Å². The molecule has 0 saturated carbocycles. The van der Waals surface area contributed by atoms with Crippen molar-refractivity contribution in [3.8, 4) is 34.1 Å². The first-order valence-electron chi connectivity index (χ1n) is 9.96. The summed E-state index contributed by atoms with van der Waals surface area (Å²) in [6.45, 7) is 0. The molecule has 4 aromatic carbocycles. The molecule has 32 heavy (non-hydrogen) atoms. The highest BCUT2D eigenvalue weighted by Crippen LogP contribution is 2.45. The van der Waals surface area contributed by atoms with Gasteiger partial charge >= 0.3 is 5.97 Å². The van der Waals surface area contributed by atoms with Gasteiger partial charge in [-0.15, -0.1) is 0 Å². The molecule has 5 heteroatoms. The Bertz CT molecular complexity index is 1340. The molecule has 0 fully saturated rings. The van der Waals surface area contributed by atoms with Crippen LogP contribution in [0.5, 0.6) is 5.75 Å². The molecule has 0 atom stereocenters. The molecule has 0 saturated heterocycles. The Balaban J connectivity index is 1.41. The summed E-state index contributed by atoms with van der Waals surface area (Å²) in [6, 6.07) is 25.6. The van der Waals surface area contributed by atoms with Gasteiger partial charge in [-0.3, -0.25) is 4.79 Å². The van der Waals surface area contributed by atoms with Crippen LogP contribution in [0.25, 0.3) is 22.3 Å². The molecule has 3 nitrogen and oxygen atoms in total. The SMILES string of the molecule is N#Cc1c(F)cc(-c2ccc(OC(=O)C3c4ccccc4-c4ccccc43)cc2)cc1F. The quantitative estimate of drug-likeness (QED) is 0.290. The van der Waals surface area contributed by atoms with Crippen molar-refractivity contribution in [1.29, 1.82) is 5.26 Å². The number of hydrogen-bond acceptors (Lipinski definition) is 3. The van der Waals surface area contributed by atoms with Crippen molar-refractivity contribution >= 4 is 5.97 Å². The summed E-state index contributed by atoms with van der Waals surface area (Å²) < 4.78 is 33.5. The lowest BCUT2D eigenvalue weighted by Gasteiger charge is -2.13. The van der Waals surface area contributed by atoms with E-state index in [1.165, 1.54) is 6.07 Å². The third kappa shape index (κ3) is 3.23. The van der Waals surface area contributed by atoms with Crippen molar-refractivity contribution in [3.63, 3.8) is 0 Å². The van der Waals surface area contributed by atoms with Gasteiger partial charge in [-0.25, -0.2) is 8.78 Å². The topological polar surface area (TPSA) is 50.1 Å². The van der Waals surface area contributed by atoms with Gasteiger partial charge in [-0.1, -0.05) is 60.7 Å². The summed E-state index contributed by atoms with van der Waals surface area (Å²) in [7, 11) is 0. The van der Waals surface area contributed by atoms with Gasteiger partial charge in [0.25, 0.3) is 0 Å². The molecular weight excluding hydrogens is 408 g/mol. The van der Waals surface area contributed by atoms with E-state index in [0.29, 0.717) is 11.3 Å². The van der Waals surface area contributed by atoms with Crippen LogP contribution in [0.15, 0.2) is 84.9 Å². The number of halogens is 2. The lowest BCUT2D eigenvalue weighted by molar-refractivity contribution is -0.135. The Morgan fingerprint density at radius 1 is 0.781 bits per heavy atom. The maximum absolute atomic E-state index is 13.9. The lowest BCUT2D eigenvalue weighted by Crippen LogP contribution is -2.18. The Hall–Kier alpha value is -4.30. The molecule has 1 aliphatic carbocycles. The molecule has 0 unspecified atom stereocenters. The van der Waals surface area contributed by atoms with Gasteiger partial charge in [-0.2, -0.15) is 5.26 Å². The maximum atomic E-state index is 13.9. The third-order valence-corrected chi connectivity index (χ3v) is 5.63. The number of fused-ring (bicyclic) bond motifs is 3. The zero-order valence-electron chi connectivity index (χ0n) is 16.7. The van der Waals surface area contributed by atoms with Crippen LogP contribution in [0, 0.1) is 23.0 Å². The number of benzene rings is 4. The average Bonchev–Trinajstić information content (AvgIpc) is 3.14. The zero-order valence-corrected chi connectivity index (χ0v) is 16.7. The monoisotopic (exact) mass is 423 g/mol. The summed E-state index contributed by atoms with van der Waals surface area (Å²) in [5.41, 5.74) is 4.05. The van der Waals surface area contributed by atoms with E-state index in [1.807, 2.05) is 48.5 Å².